The number of aromatic nitrogens is 1. The van der Waals surface area contributed by atoms with E-state index in [4.69, 9.17) is 48.8 Å². The summed E-state index contributed by atoms with van der Waals surface area (Å²) in [5.41, 5.74) is 3.99. The summed E-state index contributed by atoms with van der Waals surface area (Å²) in [7, 11) is 0. The molecule has 1 saturated carbocycles. The fraction of sp³-hybridized carbons (Fsp3) is 0.241. The molecule has 0 saturated heterocycles. The highest BCUT2D eigenvalue weighted by Crippen LogP contribution is 2.47. The van der Waals surface area contributed by atoms with Gasteiger partial charge in [-0.3, -0.25) is 0 Å². The van der Waals surface area contributed by atoms with E-state index in [2.05, 4.69) is 5.16 Å². The molecule has 3 aromatic carbocycles. The Bertz CT molecular complexity index is 1530. The van der Waals surface area contributed by atoms with Crippen LogP contribution in [0.2, 0.25) is 15.1 Å². The minimum atomic E-state index is -0.972. The van der Waals surface area contributed by atoms with E-state index in [1.807, 2.05) is 12.1 Å². The van der Waals surface area contributed by atoms with Crippen LogP contribution in [0.1, 0.15) is 64.1 Å². The van der Waals surface area contributed by atoms with Crippen LogP contribution in [0.5, 0.6) is 11.5 Å². The average molecular weight is 571 g/mol. The molecule has 1 fully saturated rings. The van der Waals surface area contributed by atoms with Gasteiger partial charge in [-0.25, -0.2) is 4.79 Å². The number of hydrogen-bond acceptors (Lipinski definition) is 5. The molecule has 0 spiro atoms. The molecule has 0 bridgehead atoms. The molecule has 1 aromatic heterocycles. The number of rotatable bonds is 7. The van der Waals surface area contributed by atoms with Crippen molar-refractivity contribution < 1.29 is 23.9 Å². The summed E-state index contributed by atoms with van der Waals surface area (Å²) in [5.74, 6) is 1.33. The summed E-state index contributed by atoms with van der Waals surface area (Å²) in [6.07, 6.45) is 3.18. The number of ether oxygens (including phenoxy) is 2. The lowest BCUT2D eigenvalue weighted by molar-refractivity contribution is 0.0696. The fourth-order valence-corrected chi connectivity index (χ4v) is 5.67. The van der Waals surface area contributed by atoms with Gasteiger partial charge in [0.15, 0.2) is 0 Å². The third kappa shape index (κ3) is 4.84. The van der Waals surface area contributed by atoms with Gasteiger partial charge in [0.1, 0.15) is 35.7 Å². The number of fused-ring (bicyclic) bond motifs is 1. The second-order valence-electron chi connectivity index (χ2n) is 9.50. The second kappa shape index (κ2) is 10.2. The standard InChI is InChI=1S/C29H22Cl3NO5/c30-21-5-2-6-22(31)25(21)26-20(27(38-33-26)15-7-8-15)14-36-19-12-17-9-10-24(37-28(17)23(32)13-19)16-3-1-4-18(11-16)29(34)35/h1-6,11-13,15,24H,7-10,14H2,(H,34,35). The van der Waals surface area contributed by atoms with E-state index in [1.54, 1.807) is 42.5 Å². The fourth-order valence-electron chi connectivity index (χ4n) is 4.82. The Hall–Kier alpha value is -3.19. The zero-order chi connectivity index (χ0) is 26.4. The molecule has 1 aliphatic heterocycles. The van der Waals surface area contributed by atoms with Gasteiger partial charge in [0, 0.05) is 17.5 Å². The first kappa shape index (κ1) is 25.1. The summed E-state index contributed by atoms with van der Waals surface area (Å²) in [4.78, 5) is 11.4. The van der Waals surface area contributed by atoms with Gasteiger partial charge in [-0.1, -0.05) is 58.2 Å². The highest BCUT2D eigenvalue weighted by Gasteiger charge is 2.34. The number of nitrogens with zero attached hydrogens (tertiary/aromatic N) is 1. The van der Waals surface area contributed by atoms with Crippen LogP contribution in [0.4, 0.5) is 0 Å². The number of carboxylic acids is 1. The zero-order valence-corrected chi connectivity index (χ0v) is 22.3. The SMILES string of the molecule is O=C(O)c1cccc(C2CCc3cc(OCc4c(-c5c(Cl)cccc5Cl)noc4C4CC4)cc(Cl)c3O2)c1. The monoisotopic (exact) mass is 569 g/mol. The highest BCUT2D eigenvalue weighted by molar-refractivity contribution is 6.39. The molecule has 1 atom stereocenters. The summed E-state index contributed by atoms with van der Waals surface area (Å²) < 4.78 is 18.2. The van der Waals surface area contributed by atoms with Crippen molar-refractivity contribution in [1.29, 1.82) is 0 Å². The smallest absolute Gasteiger partial charge is 0.335 e. The number of carboxylic acid groups (broad SMARTS) is 1. The summed E-state index contributed by atoms with van der Waals surface area (Å²) >= 11 is 19.6. The molecule has 0 amide bonds. The third-order valence-corrected chi connectivity index (χ3v) is 7.80. The summed E-state index contributed by atoms with van der Waals surface area (Å²) in [6.45, 7) is 0.215. The van der Waals surface area contributed by atoms with Crippen molar-refractivity contribution in [3.8, 4) is 22.8 Å². The second-order valence-corrected chi connectivity index (χ2v) is 10.7. The number of aromatic carboxylic acids is 1. The van der Waals surface area contributed by atoms with Crippen LogP contribution >= 0.6 is 34.8 Å². The van der Waals surface area contributed by atoms with Gasteiger partial charge in [0.2, 0.25) is 0 Å². The number of halogens is 3. The highest BCUT2D eigenvalue weighted by atomic mass is 35.5. The quantitative estimate of drug-likeness (QED) is 0.240. The van der Waals surface area contributed by atoms with E-state index < -0.39 is 5.97 Å². The molecule has 1 aliphatic carbocycles. The van der Waals surface area contributed by atoms with Gasteiger partial charge in [0.05, 0.1) is 26.2 Å². The van der Waals surface area contributed by atoms with Crippen molar-refractivity contribution in [2.75, 3.05) is 0 Å². The lowest BCUT2D eigenvalue weighted by atomic mass is 9.96. The molecular weight excluding hydrogens is 549 g/mol. The zero-order valence-electron chi connectivity index (χ0n) is 20.0. The van der Waals surface area contributed by atoms with Crippen LogP contribution in [0.15, 0.2) is 59.1 Å². The Kier molecular flexibility index (Phi) is 6.72. The van der Waals surface area contributed by atoms with Crippen LogP contribution in [0, 0.1) is 0 Å². The Labute approximate surface area is 234 Å². The van der Waals surface area contributed by atoms with Crippen molar-refractivity contribution in [3.63, 3.8) is 0 Å². The van der Waals surface area contributed by atoms with Crippen LogP contribution in [0.3, 0.4) is 0 Å². The van der Waals surface area contributed by atoms with Gasteiger partial charge >= 0.3 is 5.97 Å². The Morgan fingerprint density at radius 1 is 1.00 bits per heavy atom. The molecule has 4 aromatic rings. The molecule has 1 unspecified atom stereocenters. The number of aryl methyl sites for hydroxylation is 1. The molecule has 1 N–H and O–H groups in total. The summed E-state index contributed by atoms with van der Waals surface area (Å²) in [5, 5.41) is 15.1. The Morgan fingerprint density at radius 2 is 1.76 bits per heavy atom. The van der Waals surface area contributed by atoms with Gasteiger partial charge in [-0.2, -0.15) is 0 Å². The molecule has 6 nitrogen and oxygen atoms in total. The lowest BCUT2D eigenvalue weighted by Gasteiger charge is -2.28. The number of benzene rings is 3. The van der Waals surface area contributed by atoms with Gasteiger partial charge in [-0.05, 0) is 67.1 Å². The maximum Gasteiger partial charge on any atom is 0.335 e. The van der Waals surface area contributed by atoms with Crippen molar-refractivity contribution in [3.05, 3.63) is 97.7 Å². The lowest BCUT2D eigenvalue weighted by Crippen LogP contribution is -2.16. The minimum absolute atomic E-state index is 0.215. The first-order valence-electron chi connectivity index (χ1n) is 12.3. The van der Waals surface area contributed by atoms with Crippen LogP contribution in [-0.2, 0) is 13.0 Å². The Balaban J connectivity index is 1.25. The molecule has 194 valence electrons. The topological polar surface area (TPSA) is 81.8 Å². The number of hydrogen-bond donors (Lipinski definition) is 1. The van der Waals surface area contributed by atoms with Crippen molar-refractivity contribution in [2.45, 2.75) is 44.3 Å². The van der Waals surface area contributed by atoms with E-state index in [0.29, 0.717) is 56.6 Å². The maximum absolute atomic E-state index is 11.4. The molecule has 2 heterocycles. The average Bonchev–Trinajstić information content (AvgIpc) is 3.67. The normalized spacial score (nSPS) is 16.6. The third-order valence-electron chi connectivity index (χ3n) is 6.88. The largest absolute Gasteiger partial charge is 0.489 e. The van der Waals surface area contributed by atoms with E-state index in [1.165, 1.54) is 0 Å². The predicted octanol–water partition coefficient (Wildman–Crippen LogP) is 8.52. The van der Waals surface area contributed by atoms with E-state index >= 15 is 0 Å². The van der Waals surface area contributed by atoms with Gasteiger partial charge < -0.3 is 19.1 Å². The number of carbonyl (C=O) groups is 1. The van der Waals surface area contributed by atoms with Crippen molar-refractivity contribution in [2.24, 2.45) is 0 Å². The molecule has 9 heteroatoms. The molecular formula is C29H22Cl3NO5. The van der Waals surface area contributed by atoms with E-state index in [9.17, 15) is 9.90 Å². The van der Waals surface area contributed by atoms with E-state index in [-0.39, 0.29) is 18.3 Å². The molecule has 0 radical (unpaired) electrons. The van der Waals surface area contributed by atoms with Crippen LogP contribution in [-0.4, -0.2) is 16.2 Å². The van der Waals surface area contributed by atoms with Crippen molar-refractivity contribution in [1.82, 2.24) is 5.16 Å². The summed E-state index contributed by atoms with van der Waals surface area (Å²) in [6, 6.07) is 15.8. The molecule has 6 rings (SSSR count). The first-order chi connectivity index (χ1) is 18.4. The predicted molar refractivity (Wildman–Crippen MR) is 145 cm³/mol. The van der Waals surface area contributed by atoms with Crippen molar-refractivity contribution >= 4 is 40.8 Å². The van der Waals surface area contributed by atoms with E-state index in [0.717, 1.165) is 35.3 Å². The maximum atomic E-state index is 11.4. The Morgan fingerprint density at radius 3 is 2.50 bits per heavy atom. The van der Waals surface area contributed by atoms with Crippen LogP contribution < -0.4 is 9.47 Å². The van der Waals surface area contributed by atoms with Gasteiger partial charge in [0.25, 0.3) is 0 Å². The minimum Gasteiger partial charge on any atom is -0.489 e. The molecule has 38 heavy (non-hydrogen) atoms. The van der Waals surface area contributed by atoms with Crippen LogP contribution in [0.25, 0.3) is 11.3 Å². The van der Waals surface area contributed by atoms with Gasteiger partial charge in [-0.15, -0.1) is 0 Å². The first-order valence-corrected chi connectivity index (χ1v) is 13.4. The molecule has 2 aliphatic rings.